The maximum atomic E-state index is 12.9. The Balaban J connectivity index is 2.74. The topological polar surface area (TPSA) is 54.4 Å². The number of benzene rings is 1. The van der Waals surface area contributed by atoms with Crippen molar-refractivity contribution in [3.05, 3.63) is 35.4 Å². The summed E-state index contributed by atoms with van der Waals surface area (Å²) in [6.45, 7) is 0. The maximum absolute atomic E-state index is 12.9. The molecule has 1 N–H and O–H groups in total. The third-order valence-corrected chi connectivity index (χ3v) is 2.97. The molecule has 1 unspecified atom stereocenters. The molecule has 6 heteroatoms. The molecule has 0 spiro atoms. The number of ketones is 1. The molecule has 17 heavy (non-hydrogen) atoms. The van der Waals surface area contributed by atoms with E-state index < -0.39 is 28.2 Å². The molecule has 0 aliphatic rings. The molecule has 0 aliphatic heterocycles. The summed E-state index contributed by atoms with van der Waals surface area (Å²) in [7, 11) is 0. The second-order valence-electron chi connectivity index (χ2n) is 3.39. The minimum atomic E-state index is -1.10. The molecule has 0 amide bonds. The Morgan fingerprint density at radius 3 is 2.47 bits per heavy atom. The van der Waals surface area contributed by atoms with Crippen molar-refractivity contribution in [3.8, 4) is 0 Å². The van der Waals surface area contributed by atoms with E-state index in [4.69, 9.17) is 5.11 Å². The van der Waals surface area contributed by atoms with Crippen LogP contribution >= 0.6 is 15.9 Å². The number of halogens is 3. The van der Waals surface area contributed by atoms with E-state index in [9.17, 15) is 18.4 Å². The van der Waals surface area contributed by atoms with Crippen LogP contribution in [0.25, 0.3) is 0 Å². The first-order valence-electron chi connectivity index (χ1n) is 4.77. The number of alkyl halides is 1. The highest BCUT2D eigenvalue weighted by atomic mass is 79.9. The fourth-order valence-electron chi connectivity index (χ4n) is 1.21. The van der Waals surface area contributed by atoms with Crippen LogP contribution in [0.4, 0.5) is 8.78 Å². The molecule has 3 nitrogen and oxygen atoms in total. The molecule has 0 aromatic heterocycles. The van der Waals surface area contributed by atoms with Gasteiger partial charge in [0.25, 0.3) is 0 Å². The van der Waals surface area contributed by atoms with Crippen LogP contribution in [0, 0.1) is 11.6 Å². The minimum absolute atomic E-state index is 0.0103. The Hall–Kier alpha value is -1.30. The van der Waals surface area contributed by atoms with Gasteiger partial charge >= 0.3 is 5.97 Å². The molecule has 0 saturated carbocycles. The number of carbonyl (C=O) groups excluding carboxylic acids is 1. The molecular formula is C11H9BrF2O3. The van der Waals surface area contributed by atoms with Crippen LogP contribution in [0.15, 0.2) is 18.2 Å². The van der Waals surface area contributed by atoms with Crippen LogP contribution in [-0.2, 0) is 4.79 Å². The van der Waals surface area contributed by atoms with Crippen LogP contribution in [-0.4, -0.2) is 21.7 Å². The first-order chi connectivity index (χ1) is 7.91. The quantitative estimate of drug-likeness (QED) is 0.672. The Kier molecular flexibility index (Phi) is 4.74. The van der Waals surface area contributed by atoms with Crippen molar-refractivity contribution in [2.45, 2.75) is 17.7 Å². The van der Waals surface area contributed by atoms with Gasteiger partial charge in [0.2, 0.25) is 0 Å². The number of carbonyl (C=O) groups is 2. The van der Waals surface area contributed by atoms with Crippen molar-refractivity contribution in [1.29, 1.82) is 0 Å². The molecule has 0 aliphatic carbocycles. The maximum Gasteiger partial charge on any atom is 0.303 e. The summed E-state index contributed by atoms with van der Waals surface area (Å²) >= 11 is 3.02. The number of Topliss-reactive ketones (excluding diaryl/α,β-unsaturated/α-hetero) is 1. The largest absolute Gasteiger partial charge is 0.481 e. The van der Waals surface area contributed by atoms with E-state index in [2.05, 4.69) is 15.9 Å². The zero-order chi connectivity index (χ0) is 13.0. The van der Waals surface area contributed by atoms with Crippen LogP contribution in [0.3, 0.4) is 0 Å². The van der Waals surface area contributed by atoms with Gasteiger partial charge in [-0.1, -0.05) is 15.9 Å². The molecule has 92 valence electrons. The lowest BCUT2D eigenvalue weighted by Gasteiger charge is -2.07. The monoisotopic (exact) mass is 306 g/mol. The zero-order valence-electron chi connectivity index (χ0n) is 8.62. The molecule has 1 atom stereocenters. The Labute approximate surface area is 105 Å². The molecule has 0 radical (unpaired) electrons. The lowest BCUT2D eigenvalue weighted by Crippen LogP contribution is -2.16. The molecule has 0 bridgehead atoms. The highest BCUT2D eigenvalue weighted by Crippen LogP contribution is 2.17. The van der Waals surface area contributed by atoms with E-state index in [0.717, 1.165) is 18.2 Å². The first kappa shape index (κ1) is 13.8. The first-order valence-corrected chi connectivity index (χ1v) is 5.68. The second kappa shape index (κ2) is 5.86. The van der Waals surface area contributed by atoms with E-state index >= 15 is 0 Å². The lowest BCUT2D eigenvalue weighted by molar-refractivity contribution is -0.137. The van der Waals surface area contributed by atoms with E-state index in [0.29, 0.717) is 0 Å². The number of aliphatic carboxylic acids is 1. The summed E-state index contributed by atoms with van der Waals surface area (Å²) in [5.41, 5.74) is 0.0103. The molecular weight excluding hydrogens is 298 g/mol. The number of hydrogen-bond donors (Lipinski definition) is 1. The predicted octanol–water partition coefficient (Wildman–Crippen LogP) is 2.78. The van der Waals surface area contributed by atoms with Gasteiger partial charge in [0.15, 0.2) is 17.4 Å². The Morgan fingerprint density at radius 2 is 1.94 bits per heavy atom. The van der Waals surface area contributed by atoms with Crippen molar-refractivity contribution in [1.82, 2.24) is 0 Å². The molecule has 0 fully saturated rings. The highest BCUT2D eigenvalue weighted by molar-refractivity contribution is 9.10. The van der Waals surface area contributed by atoms with Crippen LogP contribution in [0.5, 0.6) is 0 Å². The van der Waals surface area contributed by atoms with Crippen molar-refractivity contribution in [2.75, 3.05) is 0 Å². The second-order valence-corrected chi connectivity index (χ2v) is 4.50. The van der Waals surface area contributed by atoms with E-state index in [-0.39, 0.29) is 18.4 Å². The summed E-state index contributed by atoms with van der Waals surface area (Å²) < 4.78 is 25.5. The van der Waals surface area contributed by atoms with Gasteiger partial charge in [0, 0.05) is 12.0 Å². The average Bonchev–Trinajstić information content (AvgIpc) is 2.28. The molecule has 1 aromatic carbocycles. The standard InChI is InChI=1S/C11H9BrF2O3/c12-7(2-4-10(15)16)11(17)6-1-3-8(13)9(14)5-6/h1,3,5,7H,2,4H2,(H,15,16). The summed E-state index contributed by atoms with van der Waals surface area (Å²) in [6.07, 6.45) is -0.0848. The third kappa shape index (κ3) is 3.89. The number of carboxylic acids is 1. The van der Waals surface area contributed by atoms with Gasteiger partial charge in [0.1, 0.15) is 0 Å². The summed E-state index contributed by atoms with van der Waals surface area (Å²) in [5.74, 6) is -3.62. The Bertz CT molecular complexity index is 448. The van der Waals surface area contributed by atoms with Gasteiger partial charge in [-0.2, -0.15) is 0 Å². The molecule has 1 aromatic rings. The molecule has 0 heterocycles. The summed E-state index contributed by atoms with van der Waals surface area (Å²) in [4.78, 5) is 21.3. The van der Waals surface area contributed by atoms with E-state index in [1.54, 1.807) is 0 Å². The van der Waals surface area contributed by atoms with Crippen molar-refractivity contribution >= 4 is 27.7 Å². The predicted molar refractivity (Wildman–Crippen MR) is 60.3 cm³/mol. The van der Waals surface area contributed by atoms with Crippen molar-refractivity contribution in [2.24, 2.45) is 0 Å². The summed E-state index contributed by atoms with van der Waals surface area (Å²) in [6, 6.07) is 2.82. The van der Waals surface area contributed by atoms with Gasteiger partial charge in [0.05, 0.1) is 4.83 Å². The lowest BCUT2D eigenvalue weighted by atomic mass is 10.1. The zero-order valence-corrected chi connectivity index (χ0v) is 10.2. The van der Waals surface area contributed by atoms with Gasteiger partial charge in [-0.15, -0.1) is 0 Å². The fourth-order valence-corrected chi connectivity index (χ4v) is 1.70. The average molecular weight is 307 g/mol. The number of carboxylic acid groups (broad SMARTS) is 1. The van der Waals surface area contributed by atoms with Crippen molar-refractivity contribution in [3.63, 3.8) is 0 Å². The highest BCUT2D eigenvalue weighted by Gasteiger charge is 2.19. The number of hydrogen-bond acceptors (Lipinski definition) is 2. The van der Waals surface area contributed by atoms with Gasteiger partial charge in [-0.25, -0.2) is 8.78 Å². The van der Waals surface area contributed by atoms with E-state index in [1.807, 2.05) is 0 Å². The SMILES string of the molecule is O=C(O)CCC(Br)C(=O)c1ccc(F)c(F)c1. The smallest absolute Gasteiger partial charge is 0.303 e. The van der Waals surface area contributed by atoms with Crippen LogP contribution in [0.1, 0.15) is 23.2 Å². The van der Waals surface area contributed by atoms with Gasteiger partial charge in [-0.3, -0.25) is 9.59 Å². The fraction of sp³-hybridized carbons (Fsp3) is 0.273. The van der Waals surface area contributed by atoms with Gasteiger partial charge < -0.3 is 5.11 Å². The molecule has 1 rings (SSSR count). The van der Waals surface area contributed by atoms with Crippen LogP contribution < -0.4 is 0 Å². The number of rotatable bonds is 5. The van der Waals surface area contributed by atoms with Gasteiger partial charge in [-0.05, 0) is 24.6 Å². The minimum Gasteiger partial charge on any atom is -0.481 e. The van der Waals surface area contributed by atoms with E-state index in [1.165, 1.54) is 0 Å². The van der Waals surface area contributed by atoms with Crippen molar-refractivity contribution < 1.29 is 23.5 Å². The summed E-state index contributed by atoms with van der Waals surface area (Å²) in [5, 5.41) is 8.45. The molecule has 0 saturated heterocycles. The van der Waals surface area contributed by atoms with Crippen LogP contribution in [0.2, 0.25) is 0 Å². The Morgan fingerprint density at radius 1 is 1.29 bits per heavy atom. The third-order valence-electron chi connectivity index (χ3n) is 2.10. The normalized spacial score (nSPS) is 12.2.